The van der Waals surface area contributed by atoms with Crippen LogP contribution >= 0.6 is 0 Å². The smallest absolute Gasteiger partial charge is 0.293 e. The third kappa shape index (κ3) is 7.54. The molecule has 0 bridgehead atoms. The maximum atomic E-state index is 13.7. The summed E-state index contributed by atoms with van der Waals surface area (Å²) >= 11 is 0. The van der Waals surface area contributed by atoms with Crippen LogP contribution in [0.3, 0.4) is 0 Å². The number of anilines is 2. The van der Waals surface area contributed by atoms with E-state index in [0.29, 0.717) is 51.7 Å². The number of piperidine rings is 2. The van der Waals surface area contributed by atoms with Crippen molar-refractivity contribution in [3.05, 3.63) is 93.8 Å². The van der Waals surface area contributed by atoms with Crippen LogP contribution in [0.25, 0.3) is 0 Å². The Bertz CT molecular complexity index is 1810. The first-order chi connectivity index (χ1) is 23.4. The van der Waals surface area contributed by atoms with Gasteiger partial charge in [0.2, 0.25) is 5.91 Å². The quantitative estimate of drug-likeness (QED) is 0.235. The zero-order valence-corrected chi connectivity index (χ0v) is 28.1. The number of ether oxygens (including phenoxy) is 1. The van der Waals surface area contributed by atoms with Crippen molar-refractivity contribution in [3.8, 4) is 0 Å². The number of nitro groups is 1. The van der Waals surface area contributed by atoms with Gasteiger partial charge in [-0.25, -0.2) is 17.5 Å². The van der Waals surface area contributed by atoms with Gasteiger partial charge >= 0.3 is 0 Å². The Morgan fingerprint density at radius 3 is 2.37 bits per heavy atom. The van der Waals surface area contributed by atoms with E-state index in [1.54, 1.807) is 24.1 Å². The number of carbonyl (C=O) groups excluding carboxylic acids is 2. The highest BCUT2D eigenvalue weighted by molar-refractivity contribution is 7.90. The second kappa shape index (κ2) is 14.1. The van der Waals surface area contributed by atoms with Crippen LogP contribution in [-0.2, 0) is 19.6 Å². The molecule has 0 radical (unpaired) electrons. The molecule has 6 rings (SSSR count). The Labute approximate surface area is 284 Å². The maximum absolute atomic E-state index is 13.7. The summed E-state index contributed by atoms with van der Waals surface area (Å²) in [5.41, 5.74) is 1.54. The van der Waals surface area contributed by atoms with Crippen molar-refractivity contribution in [3.63, 3.8) is 0 Å². The van der Waals surface area contributed by atoms with E-state index in [0.717, 1.165) is 43.0 Å². The lowest BCUT2D eigenvalue weighted by Gasteiger charge is -2.51. The number of hydrogen-bond donors (Lipinski definition) is 2. The number of likely N-dealkylation sites (tertiary alicyclic amines) is 1. The molecule has 1 atom stereocenters. The van der Waals surface area contributed by atoms with E-state index < -0.39 is 31.4 Å². The molecule has 12 nitrogen and oxygen atoms in total. The summed E-state index contributed by atoms with van der Waals surface area (Å²) in [6, 6.07) is 16.7. The first-order valence-corrected chi connectivity index (χ1v) is 17.9. The van der Waals surface area contributed by atoms with Crippen LogP contribution in [0.1, 0.15) is 53.9 Å². The van der Waals surface area contributed by atoms with Crippen LogP contribution < -0.4 is 14.9 Å². The van der Waals surface area contributed by atoms with Gasteiger partial charge in [0.1, 0.15) is 11.5 Å². The predicted octanol–water partition coefficient (Wildman–Crippen LogP) is 4.92. The molecular formula is C35H40FN5O7S. The number of hydrogen-bond acceptors (Lipinski definition) is 9. The van der Waals surface area contributed by atoms with Crippen LogP contribution in [0.4, 0.5) is 21.5 Å². The zero-order valence-electron chi connectivity index (χ0n) is 27.3. The van der Waals surface area contributed by atoms with Gasteiger partial charge in [-0.15, -0.1) is 0 Å². The summed E-state index contributed by atoms with van der Waals surface area (Å²) in [4.78, 5) is 40.5. The van der Waals surface area contributed by atoms with Gasteiger partial charge in [0.25, 0.3) is 21.6 Å². The number of sulfonamides is 1. The Balaban J connectivity index is 1.09. The Hall–Kier alpha value is -4.56. The molecule has 3 heterocycles. The molecule has 3 aliphatic rings. The predicted molar refractivity (Wildman–Crippen MR) is 181 cm³/mol. The summed E-state index contributed by atoms with van der Waals surface area (Å²) in [6.45, 7) is 3.68. The van der Waals surface area contributed by atoms with E-state index in [4.69, 9.17) is 4.74 Å². The fourth-order valence-corrected chi connectivity index (χ4v) is 8.26. The minimum Gasteiger partial charge on any atom is -0.381 e. The van der Waals surface area contributed by atoms with Crippen molar-refractivity contribution < 1.29 is 32.1 Å². The van der Waals surface area contributed by atoms with Gasteiger partial charge in [0.05, 0.1) is 9.82 Å². The lowest BCUT2D eigenvalue weighted by molar-refractivity contribution is -0.384. The number of amides is 2. The van der Waals surface area contributed by atoms with Crippen molar-refractivity contribution in [1.82, 2.24) is 9.62 Å². The Morgan fingerprint density at radius 1 is 1.04 bits per heavy atom. The molecule has 49 heavy (non-hydrogen) atoms. The number of benzene rings is 3. The molecule has 1 spiro atoms. The second-order valence-corrected chi connectivity index (χ2v) is 14.9. The molecule has 3 aromatic rings. The molecule has 2 N–H and O–H groups in total. The van der Waals surface area contributed by atoms with Crippen molar-refractivity contribution in [2.24, 2.45) is 11.3 Å². The monoisotopic (exact) mass is 693 g/mol. The van der Waals surface area contributed by atoms with Crippen molar-refractivity contribution >= 4 is 38.9 Å². The third-order valence-corrected chi connectivity index (χ3v) is 11.6. The van der Waals surface area contributed by atoms with E-state index in [-0.39, 0.29) is 34.3 Å². The largest absolute Gasteiger partial charge is 0.381 e. The van der Waals surface area contributed by atoms with Crippen LogP contribution in [0.2, 0.25) is 0 Å². The van der Waals surface area contributed by atoms with Gasteiger partial charge in [-0.2, -0.15) is 0 Å². The highest BCUT2D eigenvalue weighted by Crippen LogP contribution is 2.50. The van der Waals surface area contributed by atoms with E-state index in [1.165, 1.54) is 36.4 Å². The maximum Gasteiger partial charge on any atom is 0.293 e. The minimum atomic E-state index is -4.41. The highest BCUT2D eigenvalue weighted by Gasteiger charge is 2.47. The van der Waals surface area contributed by atoms with Crippen LogP contribution in [0.5, 0.6) is 0 Å². The number of carbonyl (C=O) groups is 2. The number of nitrogens with one attached hydrogen (secondary N) is 2. The van der Waals surface area contributed by atoms with E-state index >= 15 is 0 Å². The number of nitrogens with zero attached hydrogens (tertiary/aromatic N) is 3. The standard InChI is InChI=1S/C35H40FN5O7S/c1-39-23-30(25-2-6-27(36)7-3-25)35(21-33(39)42)14-16-40(17-15-35)28-8-4-26(5-9-28)34(43)38-49(46,47)29-10-11-31(32(20-29)41(44)45)37-22-24-12-18-48-19-13-24/h2-11,20,24,30,37H,12-19,21-23H2,1H3,(H,38,43). The third-order valence-electron chi connectivity index (χ3n) is 10.3. The first kappa shape index (κ1) is 34.3. The fourth-order valence-electron chi connectivity index (χ4n) is 7.27. The summed E-state index contributed by atoms with van der Waals surface area (Å²) in [6.07, 6.45) is 3.60. The highest BCUT2D eigenvalue weighted by atomic mass is 32.2. The topological polar surface area (TPSA) is 151 Å². The number of halogens is 1. The van der Waals surface area contributed by atoms with Gasteiger partial charge in [-0.3, -0.25) is 19.7 Å². The van der Waals surface area contributed by atoms with Gasteiger partial charge in [-0.1, -0.05) is 12.1 Å². The molecule has 1 unspecified atom stereocenters. The van der Waals surface area contributed by atoms with E-state index in [9.17, 15) is 32.5 Å². The average Bonchev–Trinajstić information content (AvgIpc) is 3.10. The van der Waals surface area contributed by atoms with Crippen LogP contribution in [-0.4, -0.2) is 76.5 Å². The van der Waals surface area contributed by atoms with Crippen molar-refractivity contribution in [1.29, 1.82) is 0 Å². The molecule has 260 valence electrons. The van der Waals surface area contributed by atoms with Crippen LogP contribution in [0, 0.1) is 27.3 Å². The van der Waals surface area contributed by atoms with Crippen molar-refractivity contribution in [2.45, 2.75) is 42.9 Å². The summed E-state index contributed by atoms with van der Waals surface area (Å²) in [7, 11) is -2.61. The molecule has 3 aliphatic heterocycles. The molecule has 0 aromatic heterocycles. The lowest BCUT2D eigenvalue weighted by atomic mass is 9.62. The SMILES string of the molecule is CN1CC(c2ccc(F)cc2)C2(CCN(c3ccc(C(=O)NS(=O)(=O)c4ccc(NCC5CCOCC5)c([N+](=O)[O-])c4)cc3)CC2)CC1=O. The van der Waals surface area contributed by atoms with Gasteiger partial charge in [-0.05, 0) is 91.1 Å². The molecular weight excluding hydrogens is 653 g/mol. The summed E-state index contributed by atoms with van der Waals surface area (Å²) < 4.78 is 47.3. The zero-order chi connectivity index (χ0) is 34.8. The molecule has 3 saturated heterocycles. The fraction of sp³-hybridized carbons (Fsp3) is 0.429. The average molecular weight is 694 g/mol. The van der Waals surface area contributed by atoms with Crippen molar-refractivity contribution in [2.75, 3.05) is 56.7 Å². The number of likely N-dealkylation sites (N-methyl/N-ethyl adjacent to an activating group) is 1. The summed E-state index contributed by atoms with van der Waals surface area (Å²) in [5.74, 6) is -0.684. The second-order valence-electron chi connectivity index (χ2n) is 13.3. The molecule has 14 heteroatoms. The first-order valence-electron chi connectivity index (χ1n) is 16.5. The molecule has 3 fully saturated rings. The van der Waals surface area contributed by atoms with Crippen LogP contribution in [0.15, 0.2) is 71.6 Å². The molecule has 0 saturated carbocycles. The molecule has 3 aromatic carbocycles. The number of nitro benzene ring substituents is 1. The molecule has 2 amide bonds. The minimum absolute atomic E-state index is 0.0805. The number of rotatable bonds is 9. The summed E-state index contributed by atoms with van der Waals surface area (Å²) in [5, 5.41) is 14.9. The Morgan fingerprint density at radius 2 is 1.71 bits per heavy atom. The molecule has 0 aliphatic carbocycles. The van der Waals surface area contributed by atoms with E-state index in [2.05, 4.69) is 10.2 Å². The lowest BCUT2D eigenvalue weighted by Crippen LogP contribution is -2.52. The van der Waals surface area contributed by atoms with Gasteiger partial charge < -0.3 is 19.9 Å². The van der Waals surface area contributed by atoms with Gasteiger partial charge in [0.15, 0.2) is 0 Å². The normalized spacial score (nSPS) is 19.9. The van der Waals surface area contributed by atoms with Gasteiger partial charge in [0, 0.05) is 76.1 Å². The van der Waals surface area contributed by atoms with E-state index in [1.807, 2.05) is 16.9 Å². The Kier molecular flexibility index (Phi) is 9.89.